The van der Waals surface area contributed by atoms with Crippen LogP contribution in [0.3, 0.4) is 0 Å². The molecular weight excluding hydrogens is 462 g/mol. The summed E-state index contributed by atoms with van der Waals surface area (Å²) in [7, 11) is 1.57. The van der Waals surface area contributed by atoms with E-state index in [9.17, 15) is 19.6 Å². The summed E-state index contributed by atoms with van der Waals surface area (Å²) < 4.78 is 10.9. The number of fused-ring (bicyclic) bond motifs is 2. The fourth-order valence-electron chi connectivity index (χ4n) is 5.15. The van der Waals surface area contributed by atoms with Crippen LogP contribution < -0.4 is 15.4 Å². The second-order valence-corrected chi connectivity index (χ2v) is 9.28. The molecule has 1 heterocycles. The lowest BCUT2D eigenvalue weighted by molar-refractivity contribution is -0.137. The zero-order chi connectivity index (χ0) is 25.9. The van der Waals surface area contributed by atoms with Crippen LogP contribution >= 0.6 is 0 Å². The molecule has 0 unspecified atom stereocenters. The molecule has 2 aliphatic rings. The van der Waals surface area contributed by atoms with Crippen molar-refractivity contribution < 1.29 is 29.0 Å². The van der Waals surface area contributed by atoms with Gasteiger partial charge in [0.25, 0.3) is 5.91 Å². The van der Waals surface area contributed by atoms with Crippen molar-refractivity contribution in [3.05, 3.63) is 58.7 Å². The summed E-state index contributed by atoms with van der Waals surface area (Å²) in [4.78, 5) is 36.9. The Morgan fingerprint density at radius 2 is 2.06 bits per heavy atom. The lowest BCUT2D eigenvalue weighted by atomic mass is 9.92. The van der Waals surface area contributed by atoms with E-state index < -0.39 is 11.4 Å². The Bertz CT molecular complexity index is 1240. The van der Waals surface area contributed by atoms with E-state index in [4.69, 9.17) is 14.6 Å². The zero-order valence-corrected chi connectivity index (χ0v) is 20.3. The number of carboxylic acid groups (broad SMARTS) is 1. The van der Waals surface area contributed by atoms with Crippen molar-refractivity contribution in [2.45, 2.75) is 31.6 Å². The smallest absolute Gasteiger partial charge is 0.303 e. The number of hydrogen-bond donors (Lipinski definition) is 3. The Morgan fingerprint density at radius 1 is 1.25 bits per heavy atom. The molecule has 2 amide bonds. The molecule has 0 saturated heterocycles. The van der Waals surface area contributed by atoms with Crippen molar-refractivity contribution in [1.82, 2.24) is 5.32 Å². The maximum Gasteiger partial charge on any atom is 0.303 e. The molecule has 2 aromatic rings. The van der Waals surface area contributed by atoms with Crippen LogP contribution in [0.5, 0.6) is 5.75 Å². The fourth-order valence-corrected chi connectivity index (χ4v) is 5.15. The summed E-state index contributed by atoms with van der Waals surface area (Å²) >= 11 is 0. The number of aryl methyl sites for hydroxylation is 1. The Labute approximate surface area is 209 Å². The molecule has 3 atom stereocenters. The molecule has 0 bridgehead atoms. The summed E-state index contributed by atoms with van der Waals surface area (Å²) in [6, 6.07) is 12.4. The monoisotopic (exact) mass is 491 g/mol. The van der Waals surface area contributed by atoms with Gasteiger partial charge in [0.1, 0.15) is 5.75 Å². The highest BCUT2D eigenvalue weighted by atomic mass is 16.5. The molecule has 1 saturated carbocycles. The van der Waals surface area contributed by atoms with Gasteiger partial charge in [0.2, 0.25) is 5.91 Å². The van der Waals surface area contributed by atoms with Gasteiger partial charge in [-0.15, -0.1) is 0 Å². The number of carbonyl (C=O) groups excluding carboxylic acids is 2. The van der Waals surface area contributed by atoms with E-state index in [0.29, 0.717) is 55.2 Å². The molecule has 9 nitrogen and oxygen atoms in total. The minimum absolute atomic E-state index is 0.0137. The van der Waals surface area contributed by atoms with Crippen LogP contribution in [0.15, 0.2) is 36.4 Å². The minimum Gasteiger partial charge on any atom is -0.492 e. The highest BCUT2D eigenvalue weighted by Gasteiger charge is 2.69. The highest BCUT2D eigenvalue weighted by Crippen LogP contribution is 2.64. The van der Waals surface area contributed by atoms with Crippen molar-refractivity contribution in [3.63, 3.8) is 0 Å². The van der Waals surface area contributed by atoms with Gasteiger partial charge in [-0.25, -0.2) is 0 Å². The van der Waals surface area contributed by atoms with Crippen LogP contribution in [0.25, 0.3) is 0 Å². The fraction of sp³-hybridized carbons (Fsp3) is 0.407. The summed E-state index contributed by atoms with van der Waals surface area (Å²) in [6.45, 7) is 3.15. The van der Waals surface area contributed by atoms with Gasteiger partial charge >= 0.3 is 5.97 Å². The maximum absolute atomic E-state index is 13.4. The van der Waals surface area contributed by atoms with Gasteiger partial charge in [-0.05, 0) is 54.7 Å². The molecule has 36 heavy (non-hydrogen) atoms. The summed E-state index contributed by atoms with van der Waals surface area (Å²) in [5.74, 6) is -1.00. The molecule has 1 spiro atoms. The first-order valence-electron chi connectivity index (χ1n) is 11.9. The van der Waals surface area contributed by atoms with Crippen molar-refractivity contribution in [1.29, 1.82) is 5.26 Å². The van der Waals surface area contributed by atoms with E-state index in [1.54, 1.807) is 37.4 Å². The Hall–Kier alpha value is -3.90. The number of amides is 2. The number of carboxylic acids is 1. The highest BCUT2D eigenvalue weighted by molar-refractivity contribution is 5.98. The number of carbonyl (C=O) groups is 3. The third-order valence-electron chi connectivity index (χ3n) is 7.18. The van der Waals surface area contributed by atoms with Crippen molar-refractivity contribution in [2.75, 3.05) is 32.2 Å². The summed E-state index contributed by atoms with van der Waals surface area (Å²) in [5.41, 5.74) is 2.52. The van der Waals surface area contributed by atoms with E-state index in [1.165, 1.54) is 0 Å². The summed E-state index contributed by atoms with van der Waals surface area (Å²) in [5, 5.41) is 24.1. The van der Waals surface area contributed by atoms with Gasteiger partial charge in [-0.3, -0.25) is 14.4 Å². The summed E-state index contributed by atoms with van der Waals surface area (Å²) in [6.07, 6.45) is 0.905. The Morgan fingerprint density at radius 3 is 2.78 bits per heavy atom. The van der Waals surface area contributed by atoms with E-state index in [1.807, 2.05) is 13.0 Å². The number of anilines is 1. The number of methoxy groups -OCH3 is 1. The van der Waals surface area contributed by atoms with Crippen LogP contribution in [0, 0.1) is 23.2 Å². The number of nitrogens with zero attached hydrogens (tertiary/aromatic N) is 1. The average molecular weight is 492 g/mol. The Kier molecular flexibility index (Phi) is 7.27. The van der Waals surface area contributed by atoms with Gasteiger partial charge in [0.15, 0.2) is 0 Å². The molecule has 188 valence electrons. The topological polar surface area (TPSA) is 138 Å². The van der Waals surface area contributed by atoms with E-state index >= 15 is 0 Å². The van der Waals surface area contributed by atoms with Gasteiger partial charge in [-0.1, -0.05) is 13.0 Å². The predicted octanol–water partition coefficient (Wildman–Crippen LogP) is 2.88. The quantitative estimate of drug-likeness (QED) is 0.435. The molecule has 1 aliphatic heterocycles. The molecule has 1 aliphatic carbocycles. The molecule has 3 N–H and O–H groups in total. The van der Waals surface area contributed by atoms with E-state index in [0.717, 1.165) is 11.1 Å². The third-order valence-corrected chi connectivity index (χ3v) is 7.18. The first kappa shape index (κ1) is 25.2. The number of nitrogens with one attached hydrogen (secondary N) is 2. The van der Waals surface area contributed by atoms with Crippen molar-refractivity contribution >= 4 is 23.5 Å². The average Bonchev–Trinajstić information content (AvgIpc) is 3.28. The van der Waals surface area contributed by atoms with E-state index in [2.05, 4.69) is 16.7 Å². The first-order chi connectivity index (χ1) is 17.3. The lowest BCUT2D eigenvalue weighted by Crippen LogP contribution is -2.27. The number of benzene rings is 2. The third kappa shape index (κ3) is 4.77. The van der Waals surface area contributed by atoms with E-state index in [-0.39, 0.29) is 30.1 Å². The first-order valence-corrected chi connectivity index (χ1v) is 11.9. The number of ether oxygens (including phenoxy) is 2. The van der Waals surface area contributed by atoms with Crippen LogP contribution in [-0.4, -0.2) is 49.8 Å². The Balaban J connectivity index is 1.53. The van der Waals surface area contributed by atoms with Crippen LogP contribution in [0.2, 0.25) is 0 Å². The number of aliphatic carboxylic acids is 1. The van der Waals surface area contributed by atoms with Crippen molar-refractivity contribution in [3.8, 4) is 11.8 Å². The van der Waals surface area contributed by atoms with Gasteiger partial charge in [0, 0.05) is 42.3 Å². The van der Waals surface area contributed by atoms with Crippen molar-refractivity contribution in [2.24, 2.45) is 11.8 Å². The number of nitriles is 1. The predicted molar refractivity (Wildman–Crippen MR) is 131 cm³/mol. The molecule has 4 rings (SSSR count). The van der Waals surface area contributed by atoms with Crippen LogP contribution in [0.4, 0.5) is 5.69 Å². The largest absolute Gasteiger partial charge is 0.492 e. The van der Waals surface area contributed by atoms with Crippen LogP contribution in [0.1, 0.15) is 46.8 Å². The van der Waals surface area contributed by atoms with Gasteiger partial charge in [0.05, 0.1) is 30.8 Å². The standard InChI is InChI=1S/C27H29N3O6/c1-16-24(26(34)30-21-12-17(14-28)6-7-18(21)4-3-5-23(31)32)27(16)15-36-22-9-8-19(13-20(22)27)25(33)29-10-11-35-2/h6-9,12-13,16,24H,3-5,10-11,15H2,1-2H3,(H,29,33)(H,30,34)(H,31,32)/t16-,24-,27-/m0/s1. The second kappa shape index (κ2) is 10.4. The zero-order valence-electron chi connectivity index (χ0n) is 20.3. The SMILES string of the molecule is COCCNC(=O)c1ccc2c(c1)[C@@]1(CO2)[C@H](C(=O)Nc2cc(C#N)ccc2CCCC(=O)O)[C@@H]1C. The number of hydrogen-bond acceptors (Lipinski definition) is 6. The molecular formula is C27H29N3O6. The van der Waals surface area contributed by atoms with Crippen LogP contribution in [-0.2, 0) is 26.2 Å². The molecule has 0 aromatic heterocycles. The lowest BCUT2D eigenvalue weighted by Gasteiger charge is -2.14. The molecule has 9 heteroatoms. The molecule has 0 radical (unpaired) electrons. The minimum atomic E-state index is -0.880. The molecule has 1 fully saturated rings. The number of rotatable bonds is 10. The van der Waals surface area contributed by atoms with Gasteiger partial charge < -0.3 is 25.2 Å². The molecule has 2 aromatic carbocycles. The van der Waals surface area contributed by atoms with Gasteiger partial charge in [-0.2, -0.15) is 5.26 Å². The normalized spacial score (nSPS) is 21.2. The second-order valence-electron chi connectivity index (χ2n) is 9.28. The maximum atomic E-state index is 13.4.